The minimum absolute atomic E-state index is 0.217. The predicted octanol–water partition coefficient (Wildman–Crippen LogP) is 2.40. The largest absolute Gasteiger partial charge is 0.214 e. The van der Waals surface area contributed by atoms with Crippen LogP contribution in [0.4, 0.5) is 0 Å². The lowest BCUT2D eigenvalue weighted by atomic mass is 10.1. The molecule has 2 rings (SSSR count). The first-order valence-electron chi connectivity index (χ1n) is 6.18. The lowest BCUT2D eigenvalue weighted by molar-refractivity contribution is 0.440. The third kappa shape index (κ3) is 3.00. The molecular weight excluding hydrogens is 246 g/mol. The van der Waals surface area contributed by atoms with Crippen molar-refractivity contribution in [3.05, 3.63) is 47.0 Å². The van der Waals surface area contributed by atoms with Crippen LogP contribution in [0.15, 0.2) is 30.4 Å². The van der Waals surface area contributed by atoms with Gasteiger partial charge in [0.25, 0.3) is 0 Å². The van der Waals surface area contributed by atoms with Crippen molar-refractivity contribution >= 4 is 10.0 Å². The molecule has 4 heteroatoms. The number of benzene rings is 1. The van der Waals surface area contributed by atoms with Gasteiger partial charge in [-0.2, -0.15) is 4.31 Å². The second kappa shape index (κ2) is 5.24. The van der Waals surface area contributed by atoms with E-state index in [1.807, 2.05) is 32.1 Å². The Bertz CT molecular complexity index is 561. The number of aryl methyl sites for hydroxylation is 2. The van der Waals surface area contributed by atoms with E-state index in [-0.39, 0.29) is 5.75 Å². The summed E-state index contributed by atoms with van der Waals surface area (Å²) in [6.07, 6.45) is 4.50. The summed E-state index contributed by atoms with van der Waals surface area (Å²) in [5, 5.41) is 0. The van der Waals surface area contributed by atoms with Gasteiger partial charge in [-0.1, -0.05) is 35.9 Å². The van der Waals surface area contributed by atoms with Crippen molar-refractivity contribution in [3.8, 4) is 0 Å². The minimum atomic E-state index is -3.12. The normalized spacial score (nSPS) is 19.7. The fraction of sp³-hybridized carbons (Fsp3) is 0.429. The van der Waals surface area contributed by atoms with Crippen LogP contribution < -0.4 is 0 Å². The maximum Gasteiger partial charge on any atom is 0.214 e. The molecule has 1 aliphatic heterocycles. The molecule has 0 aromatic heterocycles. The molecule has 1 aromatic rings. The van der Waals surface area contributed by atoms with Crippen molar-refractivity contribution in [2.24, 2.45) is 0 Å². The van der Waals surface area contributed by atoms with Crippen molar-refractivity contribution in [1.82, 2.24) is 4.31 Å². The molecule has 0 saturated heterocycles. The first kappa shape index (κ1) is 13.3. The Morgan fingerprint density at radius 1 is 1.22 bits per heavy atom. The van der Waals surface area contributed by atoms with Crippen molar-refractivity contribution in [1.29, 1.82) is 0 Å². The SMILES string of the molecule is Cc1ccc(C)c(CN2CC=CCCS2(=O)=O)c1. The van der Waals surface area contributed by atoms with E-state index < -0.39 is 10.0 Å². The molecule has 0 aliphatic carbocycles. The van der Waals surface area contributed by atoms with Gasteiger partial charge in [0.2, 0.25) is 10.0 Å². The van der Waals surface area contributed by atoms with Gasteiger partial charge < -0.3 is 0 Å². The van der Waals surface area contributed by atoms with Gasteiger partial charge in [0, 0.05) is 13.1 Å². The smallest absolute Gasteiger partial charge is 0.212 e. The lowest BCUT2D eigenvalue weighted by Crippen LogP contribution is -2.31. The first-order valence-corrected chi connectivity index (χ1v) is 7.79. The van der Waals surface area contributed by atoms with Crippen molar-refractivity contribution in [3.63, 3.8) is 0 Å². The summed E-state index contributed by atoms with van der Waals surface area (Å²) in [5.74, 6) is 0.217. The van der Waals surface area contributed by atoms with Gasteiger partial charge in [-0.05, 0) is 31.4 Å². The van der Waals surface area contributed by atoms with Crippen LogP contribution in [-0.2, 0) is 16.6 Å². The highest BCUT2D eigenvalue weighted by molar-refractivity contribution is 7.89. The molecule has 0 amide bonds. The summed E-state index contributed by atoms with van der Waals surface area (Å²) in [7, 11) is -3.12. The van der Waals surface area contributed by atoms with Crippen LogP contribution >= 0.6 is 0 Å². The fourth-order valence-electron chi connectivity index (χ4n) is 2.09. The molecule has 0 fully saturated rings. The molecule has 0 radical (unpaired) electrons. The lowest BCUT2D eigenvalue weighted by Gasteiger charge is -2.20. The zero-order valence-electron chi connectivity index (χ0n) is 10.9. The van der Waals surface area contributed by atoms with Crippen molar-refractivity contribution in [2.75, 3.05) is 12.3 Å². The Morgan fingerprint density at radius 3 is 2.78 bits per heavy atom. The van der Waals surface area contributed by atoms with Crippen LogP contribution in [0.25, 0.3) is 0 Å². The Morgan fingerprint density at radius 2 is 2.00 bits per heavy atom. The summed E-state index contributed by atoms with van der Waals surface area (Å²) in [6, 6.07) is 6.17. The van der Waals surface area contributed by atoms with E-state index in [2.05, 4.69) is 12.1 Å². The zero-order chi connectivity index (χ0) is 13.2. The van der Waals surface area contributed by atoms with Gasteiger partial charge in [0.15, 0.2) is 0 Å². The molecule has 0 bridgehead atoms. The molecule has 0 saturated carbocycles. The third-order valence-corrected chi connectivity index (χ3v) is 5.08. The highest BCUT2D eigenvalue weighted by Crippen LogP contribution is 2.17. The summed E-state index contributed by atoms with van der Waals surface area (Å²) in [5.41, 5.74) is 3.40. The number of allylic oxidation sites excluding steroid dienone is 1. The maximum absolute atomic E-state index is 12.1. The van der Waals surface area contributed by atoms with E-state index in [0.29, 0.717) is 19.5 Å². The Hall–Kier alpha value is -1.13. The number of nitrogens with zero attached hydrogens (tertiary/aromatic N) is 1. The standard InChI is InChI=1S/C14H19NO2S/c1-12-6-7-13(2)14(10-12)11-15-8-4-3-5-9-18(15,16)17/h3-4,6-7,10H,5,8-9,11H2,1-2H3. The molecule has 0 N–H and O–H groups in total. The monoisotopic (exact) mass is 265 g/mol. The van der Waals surface area contributed by atoms with Crippen LogP contribution in [0.5, 0.6) is 0 Å². The van der Waals surface area contributed by atoms with Gasteiger partial charge in [-0.25, -0.2) is 8.42 Å². The molecule has 0 unspecified atom stereocenters. The molecule has 3 nitrogen and oxygen atoms in total. The van der Waals surface area contributed by atoms with Crippen LogP contribution in [0.1, 0.15) is 23.1 Å². The second-order valence-corrected chi connectivity index (χ2v) is 6.89. The molecule has 18 heavy (non-hydrogen) atoms. The second-order valence-electron chi connectivity index (χ2n) is 4.80. The highest BCUT2D eigenvalue weighted by Gasteiger charge is 2.22. The average molecular weight is 265 g/mol. The topological polar surface area (TPSA) is 37.4 Å². The molecule has 0 spiro atoms. The van der Waals surface area contributed by atoms with Gasteiger partial charge in [-0.3, -0.25) is 0 Å². The van der Waals surface area contributed by atoms with Gasteiger partial charge >= 0.3 is 0 Å². The predicted molar refractivity (Wildman–Crippen MR) is 73.9 cm³/mol. The van der Waals surface area contributed by atoms with E-state index in [0.717, 1.165) is 11.1 Å². The van der Waals surface area contributed by atoms with E-state index in [1.54, 1.807) is 4.31 Å². The zero-order valence-corrected chi connectivity index (χ0v) is 11.7. The summed E-state index contributed by atoms with van der Waals surface area (Å²) < 4.78 is 25.7. The Kier molecular flexibility index (Phi) is 3.88. The van der Waals surface area contributed by atoms with Crippen LogP contribution in [-0.4, -0.2) is 25.0 Å². The number of rotatable bonds is 2. The van der Waals surface area contributed by atoms with E-state index in [4.69, 9.17) is 0 Å². The average Bonchev–Trinajstić information content (AvgIpc) is 2.46. The molecule has 1 aliphatic rings. The van der Waals surface area contributed by atoms with Crippen LogP contribution in [0.3, 0.4) is 0 Å². The highest BCUT2D eigenvalue weighted by atomic mass is 32.2. The summed E-state index contributed by atoms with van der Waals surface area (Å²) >= 11 is 0. The molecular formula is C14H19NO2S. The molecule has 0 atom stereocenters. The van der Waals surface area contributed by atoms with Crippen molar-refractivity contribution in [2.45, 2.75) is 26.8 Å². The number of hydrogen-bond acceptors (Lipinski definition) is 2. The summed E-state index contributed by atoms with van der Waals surface area (Å²) in [4.78, 5) is 0. The van der Waals surface area contributed by atoms with Gasteiger partial charge in [0.1, 0.15) is 0 Å². The third-order valence-electron chi connectivity index (χ3n) is 3.26. The van der Waals surface area contributed by atoms with Crippen LogP contribution in [0.2, 0.25) is 0 Å². The van der Waals surface area contributed by atoms with E-state index in [1.165, 1.54) is 5.56 Å². The molecule has 98 valence electrons. The van der Waals surface area contributed by atoms with Crippen LogP contribution in [0, 0.1) is 13.8 Å². The number of sulfonamides is 1. The Labute approximate surface area is 109 Å². The van der Waals surface area contributed by atoms with E-state index >= 15 is 0 Å². The fourth-order valence-corrected chi connectivity index (χ4v) is 3.43. The summed E-state index contributed by atoms with van der Waals surface area (Å²) in [6.45, 7) is 5.00. The quantitative estimate of drug-likeness (QED) is 0.770. The van der Waals surface area contributed by atoms with Gasteiger partial charge in [-0.15, -0.1) is 0 Å². The van der Waals surface area contributed by atoms with E-state index in [9.17, 15) is 8.42 Å². The van der Waals surface area contributed by atoms with Gasteiger partial charge in [0.05, 0.1) is 5.75 Å². The number of hydrogen-bond donors (Lipinski definition) is 0. The molecule has 1 heterocycles. The minimum Gasteiger partial charge on any atom is -0.212 e. The Balaban J connectivity index is 2.26. The molecule has 1 aromatic carbocycles. The maximum atomic E-state index is 12.1. The first-order chi connectivity index (χ1) is 8.49. The van der Waals surface area contributed by atoms with Crippen molar-refractivity contribution < 1.29 is 8.42 Å².